The molecule has 1 amide bonds. The number of rotatable bonds is 5. The van der Waals surface area contributed by atoms with Gasteiger partial charge in [0, 0.05) is 38.4 Å². The van der Waals surface area contributed by atoms with Crippen molar-refractivity contribution in [1.29, 1.82) is 0 Å². The highest BCUT2D eigenvalue weighted by Gasteiger charge is 2.18. The first kappa shape index (κ1) is 15.0. The van der Waals surface area contributed by atoms with E-state index in [1.54, 1.807) is 0 Å². The molecular weight excluding hydrogens is 254 g/mol. The van der Waals surface area contributed by atoms with Crippen molar-refractivity contribution in [2.24, 2.45) is 0 Å². The average molecular weight is 277 g/mol. The van der Waals surface area contributed by atoms with E-state index in [4.69, 9.17) is 5.11 Å². The summed E-state index contributed by atoms with van der Waals surface area (Å²) in [5.74, 6) is 0.0319. The quantitative estimate of drug-likeness (QED) is 0.825. The minimum absolute atomic E-state index is 0.0319. The number of amides is 1. The molecule has 1 fully saturated rings. The second kappa shape index (κ2) is 7.38. The Kier molecular flexibility index (Phi) is 5.52. The van der Waals surface area contributed by atoms with Crippen molar-refractivity contribution in [3.8, 4) is 0 Å². The summed E-state index contributed by atoms with van der Waals surface area (Å²) in [6.45, 7) is 6.97. The summed E-state index contributed by atoms with van der Waals surface area (Å²) in [5, 5.41) is 11.8. The van der Waals surface area contributed by atoms with Gasteiger partial charge in [-0.25, -0.2) is 0 Å². The lowest BCUT2D eigenvalue weighted by molar-refractivity contribution is -0.117. The standard InChI is InChI=1S/C15H23N3O2/c1-13-2-4-14(5-3-13)16-15(20)12-18-8-6-17(7-9-18)10-11-19/h2-5,19H,6-12H2,1H3,(H,16,20). The van der Waals surface area contributed by atoms with Gasteiger partial charge in [0.1, 0.15) is 0 Å². The molecule has 1 aliphatic rings. The van der Waals surface area contributed by atoms with Crippen molar-refractivity contribution in [2.75, 3.05) is 51.2 Å². The van der Waals surface area contributed by atoms with Crippen LogP contribution >= 0.6 is 0 Å². The Bertz CT molecular complexity index is 425. The van der Waals surface area contributed by atoms with Gasteiger partial charge < -0.3 is 10.4 Å². The number of nitrogens with zero attached hydrogens (tertiary/aromatic N) is 2. The third-order valence-electron chi connectivity index (χ3n) is 3.58. The van der Waals surface area contributed by atoms with Crippen LogP contribution in [0.1, 0.15) is 5.56 Å². The fourth-order valence-electron chi connectivity index (χ4n) is 2.35. The van der Waals surface area contributed by atoms with Crippen LogP contribution in [0.2, 0.25) is 0 Å². The van der Waals surface area contributed by atoms with Gasteiger partial charge in [0.15, 0.2) is 0 Å². The molecule has 0 aromatic heterocycles. The van der Waals surface area contributed by atoms with Crippen molar-refractivity contribution >= 4 is 11.6 Å². The van der Waals surface area contributed by atoms with Crippen LogP contribution in [0.25, 0.3) is 0 Å². The lowest BCUT2D eigenvalue weighted by Crippen LogP contribution is -2.49. The highest BCUT2D eigenvalue weighted by atomic mass is 16.3. The number of β-amino-alcohol motifs (C(OH)–C–C–N with tert-alkyl or cyclic N) is 1. The number of benzene rings is 1. The van der Waals surface area contributed by atoms with Crippen LogP contribution < -0.4 is 5.32 Å². The highest BCUT2D eigenvalue weighted by molar-refractivity contribution is 5.92. The zero-order chi connectivity index (χ0) is 14.4. The number of aliphatic hydroxyl groups is 1. The highest BCUT2D eigenvalue weighted by Crippen LogP contribution is 2.09. The maximum absolute atomic E-state index is 12.0. The number of carbonyl (C=O) groups is 1. The molecule has 1 aromatic rings. The molecule has 1 saturated heterocycles. The molecule has 5 heteroatoms. The second-order valence-corrected chi connectivity index (χ2v) is 5.26. The van der Waals surface area contributed by atoms with Crippen LogP contribution in [0, 0.1) is 6.92 Å². The van der Waals surface area contributed by atoms with Crippen LogP contribution in [-0.2, 0) is 4.79 Å². The van der Waals surface area contributed by atoms with Crippen molar-refractivity contribution < 1.29 is 9.90 Å². The van der Waals surface area contributed by atoms with Gasteiger partial charge >= 0.3 is 0 Å². The topological polar surface area (TPSA) is 55.8 Å². The number of anilines is 1. The van der Waals surface area contributed by atoms with Gasteiger partial charge in [0.25, 0.3) is 0 Å². The van der Waals surface area contributed by atoms with Gasteiger partial charge in [0.2, 0.25) is 5.91 Å². The molecule has 0 aliphatic carbocycles. The van der Waals surface area contributed by atoms with Gasteiger partial charge in [-0.15, -0.1) is 0 Å². The van der Waals surface area contributed by atoms with Crippen LogP contribution in [0.4, 0.5) is 5.69 Å². The van der Waals surface area contributed by atoms with E-state index in [-0.39, 0.29) is 12.5 Å². The minimum atomic E-state index is 0.0319. The molecule has 1 heterocycles. The molecule has 110 valence electrons. The van der Waals surface area contributed by atoms with E-state index in [0.29, 0.717) is 6.54 Å². The van der Waals surface area contributed by atoms with E-state index in [1.807, 2.05) is 31.2 Å². The van der Waals surface area contributed by atoms with Crippen LogP contribution in [-0.4, -0.2) is 66.7 Å². The molecule has 1 aliphatic heterocycles. The van der Waals surface area contributed by atoms with Crippen LogP contribution in [0.5, 0.6) is 0 Å². The first-order chi connectivity index (χ1) is 9.67. The largest absolute Gasteiger partial charge is 0.395 e. The predicted molar refractivity (Wildman–Crippen MR) is 79.8 cm³/mol. The Morgan fingerprint density at radius 3 is 2.35 bits per heavy atom. The summed E-state index contributed by atoms with van der Waals surface area (Å²) in [6.07, 6.45) is 0. The summed E-state index contributed by atoms with van der Waals surface area (Å²) in [4.78, 5) is 16.3. The molecule has 0 spiro atoms. The van der Waals surface area contributed by atoms with Gasteiger partial charge in [0.05, 0.1) is 13.2 Å². The van der Waals surface area contributed by atoms with E-state index >= 15 is 0 Å². The Morgan fingerprint density at radius 2 is 1.75 bits per heavy atom. The molecule has 2 rings (SSSR count). The maximum atomic E-state index is 12.0. The molecule has 0 unspecified atom stereocenters. The Balaban J connectivity index is 1.74. The van der Waals surface area contributed by atoms with E-state index in [0.717, 1.165) is 38.4 Å². The molecule has 0 bridgehead atoms. The van der Waals surface area contributed by atoms with Gasteiger partial charge in [-0.1, -0.05) is 17.7 Å². The first-order valence-corrected chi connectivity index (χ1v) is 7.09. The fourth-order valence-corrected chi connectivity index (χ4v) is 2.35. The number of piperazine rings is 1. The van der Waals surface area contributed by atoms with E-state index in [1.165, 1.54) is 5.56 Å². The normalized spacial score (nSPS) is 17.1. The maximum Gasteiger partial charge on any atom is 0.238 e. The van der Waals surface area contributed by atoms with Crippen molar-refractivity contribution in [3.63, 3.8) is 0 Å². The third-order valence-corrected chi connectivity index (χ3v) is 3.58. The molecule has 20 heavy (non-hydrogen) atoms. The molecule has 0 radical (unpaired) electrons. The number of nitrogens with one attached hydrogen (secondary N) is 1. The molecular formula is C15H23N3O2. The first-order valence-electron chi connectivity index (χ1n) is 7.09. The summed E-state index contributed by atoms with van der Waals surface area (Å²) in [7, 11) is 0. The summed E-state index contributed by atoms with van der Waals surface area (Å²) < 4.78 is 0. The molecule has 0 saturated carbocycles. The Labute approximate surface area is 120 Å². The lowest BCUT2D eigenvalue weighted by atomic mass is 10.2. The molecule has 2 N–H and O–H groups in total. The number of hydrogen-bond acceptors (Lipinski definition) is 4. The second-order valence-electron chi connectivity index (χ2n) is 5.26. The predicted octanol–water partition coefficient (Wildman–Crippen LogP) is 0.543. The summed E-state index contributed by atoms with van der Waals surface area (Å²) >= 11 is 0. The summed E-state index contributed by atoms with van der Waals surface area (Å²) in [6, 6.07) is 7.82. The van der Waals surface area contributed by atoms with E-state index in [2.05, 4.69) is 15.1 Å². The van der Waals surface area contributed by atoms with E-state index < -0.39 is 0 Å². The fraction of sp³-hybridized carbons (Fsp3) is 0.533. The summed E-state index contributed by atoms with van der Waals surface area (Å²) in [5.41, 5.74) is 2.03. The number of hydrogen-bond donors (Lipinski definition) is 2. The third kappa shape index (κ3) is 4.59. The Morgan fingerprint density at radius 1 is 1.15 bits per heavy atom. The molecule has 5 nitrogen and oxygen atoms in total. The zero-order valence-electron chi connectivity index (χ0n) is 12.0. The number of carbonyl (C=O) groups excluding carboxylic acids is 1. The monoisotopic (exact) mass is 277 g/mol. The van der Waals surface area contributed by atoms with Crippen LogP contribution in [0.15, 0.2) is 24.3 Å². The number of aliphatic hydroxyl groups excluding tert-OH is 1. The van der Waals surface area contributed by atoms with Crippen molar-refractivity contribution in [1.82, 2.24) is 9.80 Å². The lowest BCUT2D eigenvalue weighted by Gasteiger charge is -2.33. The smallest absolute Gasteiger partial charge is 0.238 e. The SMILES string of the molecule is Cc1ccc(NC(=O)CN2CCN(CCO)CC2)cc1. The molecule has 1 aromatic carbocycles. The minimum Gasteiger partial charge on any atom is -0.395 e. The van der Waals surface area contributed by atoms with Gasteiger partial charge in [-0.3, -0.25) is 14.6 Å². The van der Waals surface area contributed by atoms with Crippen LogP contribution in [0.3, 0.4) is 0 Å². The zero-order valence-corrected chi connectivity index (χ0v) is 12.0. The number of aryl methyl sites for hydroxylation is 1. The van der Waals surface area contributed by atoms with Crippen molar-refractivity contribution in [2.45, 2.75) is 6.92 Å². The van der Waals surface area contributed by atoms with E-state index in [9.17, 15) is 4.79 Å². The average Bonchev–Trinajstić information content (AvgIpc) is 2.44. The molecule has 0 atom stereocenters. The van der Waals surface area contributed by atoms with Gasteiger partial charge in [-0.2, -0.15) is 0 Å². The van der Waals surface area contributed by atoms with Crippen molar-refractivity contribution in [3.05, 3.63) is 29.8 Å². The van der Waals surface area contributed by atoms with Gasteiger partial charge in [-0.05, 0) is 19.1 Å². The Hall–Kier alpha value is -1.43.